The van der Waals surface area contributed by atoms with E-state index in [-0.39, 0.29) is 0 Å². The number of hydrogen-bond acceptors (Lipinski definition) is 4. The highest BCUT2D eigenvalue weighted by Gasteiger charge is 2.15. The molecule has 0 saturated carbocycles. The van der Waals surface area contributed by atoms with Crippen molar-refractivity contribution < 1.29 is 14.2 Å². The van der Waals surface area contributed by atoms with Gasteiger partial charge in [0, 0.05) is 17.8 Å². The number of unbranched alkanes of at least 4 members (excludes halogenated alkanes) is 9. The highest BCUT2D eigenvalue weighted by atomic mass is 16.5. The fourth-order valence-corrected chi connectivity index (χ4v) is 3.08. The molecule has 0 unspecified atom stereocenters. The van der Waals surface area contributed by atoms with Crippen LogP contribution in [0.2, 0.25) is 0 Å². The summed E-state index contributed by atoms with van der Waals surface area (Å²) in [4.78, 5) is 0. The lowest BCUT2D eigenvalue weighted by Crippen LogP contribution is -2.07. The molecule has 2 N–H and O–H groups in total. The van der Waals surface area contributed by atoms with E-state index < -0.39 is 0 Å². The molecule has 4 heteroatoms. The molecule has 1 aromatic carbocycles. The number of anilines is 1. The Morgan fingerprint density at radius 1 is 0.571 bits per heavy atom. The Labute approximate surface area is 173 Å². The molecule has 0 saturated heterocycles. The Kier molecular flexibility index (Phi) is 14.3. The topological polar surface area (TPSA) is 53.7 Å². The lowest BCUT2D eigenvalue weighted by atomic mass is 10.2. The second-order valence-corrected chi connectivity index (χ2v) is 7.57. The third-order valence-electron chi connectivity index (χ3n) is 4.80. The summed E-state index contributed by atoms with van der Waals surface area (Å²) in [6.07, 6.45) is 14.1. The van der Waals surface area contributed by atoms with Gasteiger partial charge in [-0.1, -0.05) is 78.6 Å². The van der Waals surface area contributed by atoms with Gasteiger partial charge in [-0.3, -0.25) is 0 Å². The summed E-state index contributed by atoms with van der Waals surface area (Å²) < 4.78 is 18.2. The Morgan fingerprint density at radius 3 is 1.36 bits per heavy atom. The maximum atomic E-state index is 6.12. The number of hydrogen-bond donors (Lipinski definition) is 1. The third-order valence-corrected chi connectivity index (χ3v) is 4.80. The van der Waals surface area contributed by atoms with Gasteiger partial charge in [-0.05, 0) is 19.3 Å². The van der Waals surface area contributed by atoms with E-state index >= 15 is 0 Å². The van der Waals surface area contributed by atoms with Crippen molar-refractivity contribution in [3.8, 4) is 17.2 Å². The van der Waals surface area contributed by atoms with E-state index in [0.29, 0.717) is 25.5 Å². The average molecular weight is 394 g/mol. The molecular weight excluding hydrogens is 350 g/mol. The molecule has 0 radical (unpaired) electrons. The van der Waals surface area contributed by atoms with Crippen LogP contribution in [0.3, 0.4) is 0 Å². The van der Waals surface area contributed by atoms with Crippen molar-refractivity contribution in [3.63, 3.8) is 0 Å². The second-order valence-electron chi connectivity index (χ2n) is 7.57. The van der Waals surface area contributed by atoms with Gasteiger partial charge in [-0.2, -0.15) is 0 Å². The first-order valence-corrected chi connectivity index (χ1v) is 11.5. The van der Waals surface area contributed by atoms with Gasteiger partial charge >= 0.3 is 0 Å². The summed E-state index contributed by atoms with van der Waals surface area (Å²) in [5.74, 6) is 2.16. The van der Waals surface area contributed by atoms with Gasteiger partial charge in [0.2, 0.25) is 5.75 Å². The number of nitrogen functional groups attached to an aromatic ring is 1. The van der Waals surface area contributed by atoms with Crippen LogP contribution in [0, 0.1) is 0 Å². The molecule has 0 aromatic heterocycles. The molecule has 1 aromatic rings. The van der Waals surface area contributed by atoms with Crippen LogP contribution in [0.25, 0.3) is 0 Å². The summed E-state index contributed by atoms with van der Waals surface area (Å²) in [7, 11) is 0. The van der Waals surface area contributed by atoms with Crippen molar-refractivity contribution in [1.29, 1.82) is 0 Å². The van der Waals surface area contributed by atoms with Crippen molar-refractivity contribution >= 4 is 5.69 Å². The Hall–Kier alpha value is -1.58. The predicted molar refractivity (Wildman–Crippen MR) is 120 cm³/mol. The fraction of sp³-hybridized carbons (Fsp3) is 0.750. The molecule has 0 bridgehead atoms. The molecule has 0 amide bonds. The molecule has 4 nitrogen and oxygen atoms in total. The normalized spacial score (nSPS) is 10.8. The van der Waals surface area contributed by atoms with Crippen LogP contribution in [-0.4, -0.2) is 19.8 Å². The molecule has 28 heavy (non-hydrogen) atoms. The molecule has 0 spiro atoms. The van der Waals surface area contributed by atoms with Gasteiger partial charge < -0.3 is 19.9 Å². The molecule has 0 aliphatic carbocycles. The summed E-state index contributed by atoms with van der Waals surface area (Å²) in [5, 5.41) is 0. The standard InChI is InChI=1S/C24H43NO3/c1-4-7-10-13-16-26-22-19-21(25)20-23(27-17-14-11-8-5-2)24(22)28-18-15-12-9-6-3/h19-20H,4-18,25H2,1-3H3. The molecular formula is C24H43NO3. The smallest absolute Gasteiger partial charge is 0.203 e. The first-order valence-electron chi connectivity index (χ1n) is 11.5. The zero-order valence-corrected chi connectivity index (χ0v) is 18.6. The lowest BCUT2D eigenvalue weighted by molar-refractivity contribution is 0.235. The van der Waals surface area contributed by atoms with Crippen LogP contribution >= 0.6 is 0 Å². The van der Waals surface area contributed by atoms with Crippen LogP contribution in [0.5, 0.6) is 17.2 Å². The largest absolute Gasteiger partial charge is 0.489 e. The van der Waals surface area contributed by atoms with Crippen LogP contribution in [0.15, 0.2) is 12.1 Å². The highest BCUT2D eigenvalue weighted by Crippen LogP contribution is 2.40. The van der Waals surface area contributed by atoms with E-state index in [1.807, 2.05) is 12.1 Å². The zero-order valence-electron chi connectivity index (χ0n) is 18.6. The van der Waals surface area contributed by atoms with Gasteiger partial charge in [0.15, 0.2) is 11.5 Å². The van der Waals surface area contributed by atoms with E-state index in [4.69, 9.17) is 19.9 Å². The number of benzene rings is 1. The van der Waals surface area contributed by atoms with Gasteiger partial charge in [0.1, 0.15) is 0 Å². The van der Waals surface area contributed by atoms with E-state index in [9.17, 15) is 0 Å². The first-order chi connectivity index (χ1) is 13.7. The van der Waals surface area contributed by atoms with E-state index in [0.717, 1.165) is 36.5 Å². The van der Waals surface area contributed by atoms with Crippen LogP contribution in [0.4, 0.5) is 5.69 Å². The molecule has 0 atom stereocenters. The highest BCUT2D eigenvalue weighted by molar-refractivity contribution is 5.60. The molecule has 162 valence electrons. The summed E-state index contributed by atoms with van der Waals surface area (Å²) in [5.41, 5.74) is 6.77. The maximum Gasteiger partial charge on any atom is 0.203 e. The van der Waals surface area contributed by atoms with Crippen molar-refractivity contribution in [2.45, 2.75) is 97.8 Å². The third kappa shape index (κ3) is 10.7. The summed E-state index contributed by atoms with van der Waals surface area (Å²) >= 11 is 0. The minimum atomic E-state index is 0.658. The van der Waals surface area contributed by atoms with Crippen molar-refractivity contribution in [1.82, 2.24) is 0 Å². The molecule has 0 heterocycles. The minimum Gasteiger partial charge on any atom is -0.489 e. The van der Waals surface area contributed by atoms with E-state index in [2.05, 4.69) is 20.8 Å². The van der Waals surface area contributed by atoms with Crippen molar-refractivity contribution in [2.75, 3.05) is 25.6 Å². The molecule has 1 rings (SSSR count). The monoisotopic (exact) mass is 393 g/mol. The van der Waals surface area contributed by atoms with Gasteiger partial charge in [0.05, 0.1) is 19.8 Å². The zero-order chi connectivity index (χ0) is 20.5. The van der Waals surface area contributed by atoms with E-state index in [1.54, 1.807) is 0 Å². The maximum absolute atomic E-state index is 6.12. The summed E-state index contributed by atoms with van der Waals surface area (Å²) in [6.45, 7) is 8.70. The average Bonchev–Trinajstić information content (AvgIpc) is 2.69. The van der Waals surface area contributed by atoms with E-state index in [1.165, 1.54) is 57.8 Å². The van der Waals surface area contributed by atoms with Crippen molar-refractivity contribution in [2.24, 2.45) is 0 Å². The number of ether oxygens (including phenoxy) is 3. The fourth-order valence-electron chi connectivity index (χ4n) is 3.08. The van der Waals surface area contributed by atoms with Crippen LogP contribution in [0.1, 0.15) is 97.8 Å². The Bertz CT molecular complexity index is 470. The Balaban J connectivity index is 2.72. The molecule has 0 aliphatic heterocycles. The minimum absolute atomic E-state index is 0.658. The summed E-state index contributed by atoms with van der Waals surface area (Å²) in [6, 6.07) is 3.73. The Morgan fingerprint density at radius 2 is 0.964 bits per heavy atom. The predicted octanol–water partition coefficient (Wildman–Crippen LogP) is 7.15. The molecule has 0 aliphatic rings. The van der Waals surface area contributed by atoms with Gasteiger partial charge in [-0.25, -0.2) is 0 Å². The molecule has 0 fully saturated rings. The van der Waals surface area contributed by atoms with Crippen LogP contribution < -0.4 is 19.9 Å². The number of nitrogens with two attached hydrogens (primary N) is 1. The lowest BCUT2D eigenvalue weighted by Gasteiger charge is -2.18. The van der Waals surface area contributed by atoms with Gasteiger partial charge in [-0.15, -0.1) is 0 Å². The quantitative estimate of drug-likeness (QED) is 0.212. The SMILES string of the molecule is CCCCCCOc1cc(N)cc(OCCCCCC)c1OCCCCCC. The van der Waals surface area contributed by atoms with Crippen molar-refractivity contribution in [3.05, 3.63) is 12.1 Å². The van der Waals surface area contributed by atoms with Crippen LogP contribution in [-0.2, 0) is 0 Å². The first kappa shape index (κ1) is 24.5. The second kappa shape index (κ2) is 16.4. The number of rotatable bonds is 18. The van der Waals surface area contributed by atoms with Gasteiger partial charge in [0.25, 0.3) is 0 Å².